The van der Waals surface area contributed by atoms with Crippen LogP contribution in [0.25, 0.3) is 10.9 Å². The summed E-state index contributed by atoms with van der Waals surface area (Å²) in [6, 6.07) is 13.4. The van der Waals surface area contributed by atoms with Crippen molar-refractivity contribution in [1.82, 2.24) is 9.97 Å². The van der Waals surface area contributed by atoms with Gasteiger partial charge in [0.1, 0.15) is 11.6 Å². The minimum Gasteiger partial charge on any atom is -0.497 e. The molecule has 23 heavy (non-hydrogen) atoms. The van der Waals surface area contributed by atoms with Crippen molar-refractivity contribution in [2.45, 2.75) is 19.5 Å². The van der Waals surface area contributed by atoms with Crippen molar-refractivity contribution in [2.75, 3.05) is 7.11 Å². The molecule has 5 heteroatoms. The van der Waals surface area contributed by atoms with Gasteiger partial charge in [0.25, 0.3) is 0 Å². The number of nitrogens with two attached hydrogens (primary N) is 2. The van der Waals surface area contributed by atoms with Crippen LogP contribution in [0.5, 0.6) is 5.75 Å². The molecule has 118 valence electrons. The lowest BCUT2D eigenvalue weighted by atomic mass is 9.99. The van der Waals surface area contributed by atoms with Gasteiger partial charge in [0.05, 0.1) is 24.4 Å². The number of benzene rings is 2. The first-order chi connectivity index (χ1) is 11.1. The van der Waals surface area contributed by atoms with Crippen LogP contribution in [-0.4, -0.2) is 17.1 Å². The molecule has 1 unspecified atom stereocenters. The molecular weight excluding hydrogens is 288 g/mol. The molecule has 5 nitrogen and oxygen atoms in total. The number of hydrogen-bond acceptors (Lipinski definition) is 5. The number of ether oxygens (including phenoxy) is 1. The number of nitrogens with zero attached hydrogens (tertiary/aromatic N) is 2. The molecule has 0 amide bonds. The van der Waals surface area contributed by atoms with Crippen LogP contribution in [0.2, 0.25) is 0 Å². The van der Waals surface area contributed by atoms with Crippen LogP contribution >= 0.6 is 0 Å². The number of methoxy groups -OCH3 is 1. The molecule has 0 aliphatic rings. The van der Waals surface area contributed by atoms with Gasteiger partial charge in [0.15, 0.2) is 0 Å². The zero-order valence-electron chi connectivity index (χ0n) is 13.3. The summed E-state index contributed by atoms with van der Waals surface area (Å²) in [6.07, 6.45) is 0. The lowest BCUT2D eigenvalue weighted by Crippen LogP contribution is -2.15. The van der Waals surface area contributed by atoms with Gasteiger partial charge in [-0.15, -0.1) is 0 Å². The molecule has 0 fully saturated rings. The van der Waals surface area contributed by atoms with Gasteiger partial charge < -0.3 is 16.2 Å². The second kappa shape index (κ2) is 6.32. The normalized spacial score (nSPS) is 12.3. The van der Waals surface area contributed by atoms with Crippen molar-refractivity contribution in [3.63, 3.8) is 0 Å². The first kappa shape index (κ1) is 15.4. The molecule has 1 atom stereocenters. The molecule has 0 spiro atoms. The predicted molar refractivity (Wildman–Crippen MR) is 91.2 cm³/mol. The fourth-order valence-corrected chi connectivity index (χ4v) is 2.65. The van der Waals surface area contributed by atoms with Gasteiger partial charge >= 0.3 is 0 Å². The highest BCUT2D eigenvalue weighted by Crippen LogP contribution is 2.27. The van der Waals surface area contributed by atoms with E-state index in [1.807, 2.05) is 49.4 Å². The molecule has 1 heterocycles. The van der Waals surface area contributed by atoms with E-state index < -0.39 is 0 Å². The Bertz CT molecular complexity index is 830. The van der Waals surface area contributed by atoms with Crippen molar-refractivity contribution in [2.24, 2.45) is 11.5 Å². The molecule has 0 aliphatic heterocycles. The van der Waals surface area contributed by atoms with Crippen LogP contribution in [0.15, 0.2) is 42.5 Å². The van der Waals surface area contributed by atoms with Crippen LogP contribution in [0, 0.1) is 6.92 Å². The molecule has 0 saturated carbocycles. The highest BCUT2D eigenvalue weighted by molar-refractivity contribution is 5.82. The number of aromatic nitrogens is 2. The zero-order valence-corrected chi connectivity index (χ0v) is 13.3. The van der Waals surface area contributed by atoms with Gasteiger partial charge in [-0.25, -0.2) is 9.97 Å². The van der Waals surface area contributed by atoms with Gasteiger partial charge in [-0.1, -0.05) is 18.2 Å². The van der Waals surface area contributed by atoms with Crippen molar-refractivity contribution < 1.29 is 4.74 Å². The summed E-state index contributed by atoms with van der Waals surface area (Å²) in [5.74, 6) is 1.51. The fourth-order valence-electron chi connectivity index (χ4n) is 2.65. The summed E-state index contributed by atoms with van der Waals surface area (Å²) in [5.41, 5.74) is 15.9. The summed E-state index contributed by atoms with van der Waals surface area (Å²) in [6.45, 7) is 2.35. The van der Waals surface area contributed by atoms with E-state index in [-0.39, 0.29) is 6.04 Å². The van der Waals surface area contributed by atoms with E-state index in [2.05, 4.69) is 9.97 Å². The van der Waals surface area contributed by atoms with E-state index in [0.29, 0.717) is 12.4 Å². The van der Waals surface area contributed by atoms with Crippen molar-refractivity contribution in [3.8, 4) is 5.75 Å². The molecule has 4 N–H and O–H groups in total. The van der Waals surface area contributed by atoms with Gasteiger partial charge in [-0.2, -0.15) is 0 Å². The number of aryl methyl sites for hydroxylation is 1. The highest BCUT2D eigenvalue weighted by atomic mass is 16.5. The Balaban J connectivity index is 2.12. The van der Waals surface area contributed by atoms with Gasteiger partial charge in [0.2, 0.25) is 0 Å². The monoisotopic (exact) mass is 308 g/mol. The van der Waals surface area contributed by atoms with Gasteiger partial charge in [-0.3, -0.25) is 0 Å². The summed E-state index contributed by atoms with van der Waals surface area (Å²) >= 11 is 0. The van der Waals surface area contributed by atoms with E-state index in [9.17, 15) is 0 Å². The molecule has 0 bridgehead atoms. The van der Waals surface area contributed by atoms with E-state index in [0.717, 1.165) is 33.5 Å². The third-order valence-corrected chi connectivity index (χ3v) is 3.91. The highest BCUT2D eigenvalue weighted by Gasteiger charge is 2.16. The summed E-state index contributed by atoms with van der Waals surface area (Å²) < 4.78 is 5.19. The number of fused-ring (bicyclic) bond motifs is 1. The van der Waals surface area contributed by atoms with Crippen molar-refractivity contribution >= 4 is 10.9 Å². The maximum absolute atomic E-state index is 6.47. The predicted octanol–water partition coefficient (Wildman–Crippen LogP) is 2.45. The standard InChI is InChI=1S/C18H20N4O/c1-11-21-16-8-3-12(10-19)9-15(16)18(22-11)17(20)13-4-6-14(23-2)7-5-13/h3-9,17H,10,19-20H2,1-2H3. The second-order valence-corrected chi connectivity index (χ2v) is 5.46. The first-order valence-electron chi connectivity index (χ1n) is 7.49. The Labute approximate surface area is 135 Å². The largest absolute Gasteiger partial charge is 0.497 e. The molecule has 0 aliphatic carbocycles. The SMILES string of the molecule is COc1ccc(C(N)c2nc(C)nc3ccc(CN)cc23)cc1. The minimum atomic E-state index is -0.335. The van der Waals surface area contributed by atoms with Crippen LogP contribution < -0.4 is 16.2 Å². The van der Waals surface area contributed by atoms with Gasteiger partial charge in [0, 0.05) is 11.9 Å². The van der Waals surface area contributed by atoms with Crippen LogP contribution in [0.3, 0.4) is 0 Å². The Morgan fingerprint density at radius 1 is 1.09 bits per heavy atom. The maximum atomic E-state index is 6.47. The Kier molecular flexibility index (Phi) is 4.23. The van der Waals surface area contributed by atoms with Crippen molar-refractivity contribution in [3.05, 3.63) is 65.1 Å². The van der Waals surface area contributed by atoms with Crippen LogP contribution in [0.1, 0.15) is 28.7 Å². The Hall–Kier alpha value is -2.50. The molecular formula is C18H20N4O. The van der Waals surface area contributed by atoms with E-state index in [1.165, 1.54) is 0 Å². The molecule has 0 radical (unpaired) electrons. The zero-order chi connectivity index (χ0) is 16.4. The Morgan fingerprint density at radius 3 is 2.48 bits per heavy atom. The molecule has 2 aromatic carbocycles. The fraction of sp³-hybridized carbons (Fsp3) is 0.222. The lowest BCUT2D eigenvalue weighted by molar-refractivity contribution is 0.414. The van der Waals surface area contributed by atoms with Crippen LogP contribution in [0.4, 0.5) is 0 Å². The molecule has 3 rings (SSSR count). The van der Waals surface area contributed by atoms with Crippen molar-refractivity contribution in [1.29, 1.82) is 0 Å². The number of hydrogen-bond donors (Lipinski definition) is 2. The quantitative estimate of drug-likeness (QED) is 0.773. The summed E-state index contributed by atoms with van der Waals surface area (Å²) in [5, 5.41) is 0.946. The van der Waals surface area contributed by atoms with E-state index >= 15 is 0 Å². The maximum Gasteiger partial charge on any atom is 0.126 e. The van der Waals surface area contributed by atoms with Crippen LogP contribution in [-0.2, 0) is 6.54 Å². The minimum absolute atomic E-state index is 0.335. The van der Waals surface area contributed by atoms with E-state index in [1.54, 1.807) is 7.11 Å². The first-order valence-corrected chi connectivity index (χ1v) is 7.49. The number of rotatable bonds is 4. The lowest BCUT2D eigenvalue weighted by Gasteiger charge is -2.15. The third kappa shape index (κ3) is 3.02. The summed E-state index contributed by atoms with van der Waals surface area (Å²) in [7, 11) is 1.64. The average Bonchev–Trinajstić information content (AvgIpc) is 2.60. The van der Waals surface area contributed by atoms with E-state index in [4.69, 9.17) is 16.2 Å². The summed E-state index contributed by atoms with van der Waals surface area (Å²) in [4.78, 5) is 9.08. The molecule has 1 aromatic heterocycles. The topological polar surface area (TPSA) is 87.0 Å². The van der Waals surface area contributed by atoms with Gasteiger partial charge in [-0.05, 0) is 42.3 Å². The third-order valence-electron chi connectivity index (χ3n) is 3.91. The Morgan fingerprint density at radius 2 is 1.83 bits per heavy atom. The second-order valence-electron chi connectivity index (χ2n) is 5.46. The molecule has 0 saturated heterocycles. The molecule has 3 aromatic rings. The average molecular weight is 308 g/mol. The smallest absolute Gasteiger partial charge is 0.126 e.